The fraction of sp³-hybridized carbons (Fsp3) is 0.192. The number of ether oxygens (including phenoxy) is 1. The zero-order valence-electron chi connectivity index (χ0n) is 19.0. The van der Waals surface area contributed by atoms with Crippen molar-refractivity contribution >= 4 is 28.2 Å². The van der Waals surface area contributed by atoms with Crippen molar-refractivity contribution in [2.24, 2.45) is 0 Å². The van der Waals surface area contributed by atoms with E-state index in [1.54, 1.807) is 12.5 Å². The van der Waals surface area contributed by atoms with Gasteiger partial charge in [-0.25, -0.2) is 14.8 Å². The first-order valence-corrected chi connectivity index (χ1v) is 12.3. The van der Waals surface area contributed by atoms with Crippen molar-refractivity contribution in [3.8, 4) is 33.9 Å². The summed E-state index contributed by atoms with van der Waals surface area (Å²) in [5, 5.41) is 6.37. The van der Waals surface area contributed by atoms with Gasteiger partial charge in [-0.1, -0.05) is 12.1 Å². The van der Waals surface area contributed by atoms with Crippen LogP contribution >= 0.6 is 11.3 Å². The van der Waals surface area contributed by atoms with E-state index in [1.165, 1.54) is 11.3 Å². The van der Waals surface area contributed by atoms with Crippen LogP contribution < -0.4 is 5.32 Å². The molecule has 5 aromatic rings. The first-order valence-electron chi connectivity index (χ1n) is 11.4. The molecule has 4 aromatic heterocycles. The third kappa shape index (κ3) is 4.31. The first-order chi connectivity index (χ1) is 17.1. The smallest absolute Gasteiger partial charge is 0.367 e. The van der Waals surface area contributed by atoms with Gasteiger partial charge in [0.15, 0.2) is 0 Å². The molecule has 1 atom stereocenters. The number of aryl methyl sites for hydroxylation is 1. The Labute approximate surface area is 205 Å². The van der Waals surface area contributed by atoms with Crippen LogP contribution in [0.4, 0.5) is 0 Å². The highest BCUT2D eigenvalue weighted by atomic mass is 32.1. The van der Waals surface area contributed by atoms with Crippen LogP contribution in [0.2, 0.25) is 0 Å². The standard InChI is InChI=1S/C26H22N6O2S/c1-15-3-2-4-21(31-15)24-23(29-14-30-24)16-5-6-20-17(9-16)10-18(11-28-20)22-13-35-25(32-22)26(33)34-19-7-8-27-12-19/h2-6,9-11,13-14,19,27H,7-8,12H2,1H3,(H,29,30)/t19-/m0/s1. The number of nitrogens with one attached hydrogen (secondary N) is 2. The fourth-order valence-corrected chi connectivity index (χ4v) is 4.95. The molecule has 1 aliphatic heterocycles. The normalized spacial score (nSPS) is 15.5. The van der Waals surface area contributed by atoms with Gasteiger partial charge < -0.3 is 15.0 Å². The molecule has 9 heteroatoms. The number of carbonyl (C=O) groups excluding carboxylic acids is 1. The van der Waals surface area contributed by atoms with Crippen molar-refractivity contribution in [2.45, 2.75) is 19.4 Å². The number of imidazole rings is 1. The van der Waals surface area contributed by atoms with Gasteiger partial charge >= 0.3 is 5.97 Å². The number of rotatable bonds is 5. The maximum atomic E-state index is 12.5. The molecule has 0 amide bonds. The molecular weight excluding hydrogens is 460 g/mol. The van der Waals surface area contributed by atoms with Crippen molar-refractivity contribution in [3.05, 3.63) is 71.1 Å². The lowest BCUT2D eigenvalue weighted by atomic mass is 10.0. The summed E-state index contributed by atoms with van der Waals surface area (Å²) in [5.41, 5.74) is 6.87. The minimum absolute atomic E-state index is 0.0856. The van der Waals surface area contributed by atoms with E-state index in [4.69, 9.17) is 4.74 Å². The summed E-state index contributed by atoms with van der Waals surface area (Å²) >= 11 is 1.29. The van der Waals surface area contributed by atoms with Gasteiger partial charge in [0.25, 0.3) is 0 Å². The number of thiazole rings is 1. The second-order valence-corrected chi connectivity index (χ2v) is 9.34. The average Bonchev–Trinajstić information content (AvgIpc) is 3.65. The number of H-pyrrole nitrogens is 1. The van der Waals surface area contributed by atoms with Gasteiger partial charge in [0.05, 0.1) is 34.6 Å². The lowest BCUT2D eigenvalue weighted by Crippen LogP contribution is -2.20. The zero-order chi connectivity index (χ0) is 23.8. The zero-order valence-corrected chi connectivity index (χ0v) is 19.8. The molecule has 1 aliphatic rings. The number of esters is 1. The molecule has 1 saturated heterocycles. The van der Waals surface area contributed by atoms with Crippen LogP contribution in [0.1, 0.15) is 21.9 Å². The number of aromatic nitrogens is 5. The molecule has 0 aliphatic carbocycles. The second kappa shape index (κ2) is 9.01. The third-order valence-electron chi connectivity index (χ3n) is 6.00. The molecule has 8 nitrogen and oxygen atoms in total. The van der Waals surface area contributed by atoms with Gasteiger partial charge in [-0.15, -0.1) is 11.3 Å². The van der Waals surface area contributed by atoms with Gasteiger partial charge in [-0.3, -0.25) is 9.97 Å². The van der Waals surface area contributed by atoms with Crippen LogP contribution in [0.15, 0.2) is 60.4 Å². The molecule has 1 fully saturated rings. The van der Waals surface area contributed by atoms with E-state index in [-0.39, 0.29) is 12.1 Å². The van der Waals surface area contributed by atoms with Crippen molar-refractivity contribution in [3.63, 3.8) is 0 Å². The highest BCUT2D eigenvalue weighted by molar-refractivity contribution is 7.11. The van der Waals surface area contributed by atoms with E-state index in [0.717, 1.165) is 57.8 Å². The molecule has 174 valence electrons. The van der Waals surface area contributed by atoms with Crippen molar-refractivity contribution < 1.29 is 9.53 Å². The Balaban J connectivity index is 1.31. The number of benzene rings is 1. The van der Waals surface area contributed by atoms with Gasteiger partial charge in [0, 0.05) is 40.3 Å². The Hall–Kier alpha value is -3.95. The molecule has 2 N–H and O–H groups in total. The maximum absolute atomic E-state index is 12.5. The summed E-state index contributed by atoms with van der Waals surface area (Å²) in [5.74, 6) is -0.373. The predicted molar refractivity (Wildman–Crippen MR) is 135 cm³/mol. The lowest BCUT2D eigenvalue weighted by molar-refractivity contribution is 0.0344. The highest BCUT2D eigenvalue weighted by Crippen LogP contribution is 2.31. The Bertz CT molecular complexity index is 1540. The summed E-state index contributed by atoms with van der Waals surface area (Å²) in [6, 6.07) is 14.0. The van der Waals surface area contributed by atoms with Crippen LogP contribution in [0.25, 0.3) is 44.8 Å². The number of nitrogens with zero attached hydrogens (tertiary/aromatic N) is 4. The third-order valence-corrected chi connectivity index (χ3v) is 6.82. The number of hydrogen-bond acceptors (Lipinski definition) is 8. The summed E-state index contributed by atoms with van der Waals surface area (Å²) in [6.45, 7) is 3.53. The molecule has 6 rings (SSSR count). The number of fused-ring (bicyclic) bond motifs is 1. The molecule has 0 bridgehead atoms. The molecule has 0 spiro atoms. The lowest BCUT2D eigenvalue weighted by Gasteiger charge is -2.08. The molecule has 0 radical (unpaired) electrons. The van der Waals surface area contributed by atoms with Crippen LogP contribution in [-0.4, -0.2) is 50.1 Å². The molecule has 1 aromatic carbocycles. The summed E-state index contributed by atoms with van der Waals surface area (Å²) < 4.78 is 5.54. The first kappa shape index (κ1) is 21.6. The van der Waals surface area contributed by atoms with Crippen LogP contribution in [-0.2, 0) is 4.74 Å². The number of pyridine rings is 2. The molecule has 35 heavy (non-hydrogen) atoms. The number of aromatic amines is 1. The van der Waals surface area contributed by atoms with Gasteiger partial charge in [0.1, 0.15) is 6.10 Å². The number of hydrogen-bond donors (Lipinski definition) is 2. The summed E-state index contributed by atoms with van der Waals surface area (Å²) in [6.07, 6.45) is 4.21. The van der Waals surface area contributed by atoms with Crippen molar-refractivity contribution in [1.29, 1.82) is 0 Å². The number of carbonyl (C=O) groups is 1. The summed E-state index contributed by atoms with van der Waals surface area (Å²) in [4.78, 5) is 34.0. The average molecular weight is 483 g/mol. The van der Waals surface area contributed by atoms with Crippen molar-refractivity contribution in [2.75, 3.05) is 13.1 Å². The topological polar surface area (TPSA) is 106 Å². The van der Waals surface area contributed by atoms with Gasteiger partial charge in [-0.05, 0) is 50.2 Å². The minimum Gasteiger partial charge on any atom is -0.456 e. The Morgan fingerprint density at radius 3 is 2.86 bits per heavy atom. The van der Waals surface area contributed by atoms with Crippen LogP contribution in [0.3, 0.4) is 0 Å². The van der Waals surface area contributed by atoms with E-state index >= 15 is 0 Å². The SMILES string of the molecule is Cc1cccc(-c2[nH]cnc2-c2ccc3ncc(-c4csc(C(=O)O[C@H]5CCNC5)n4)cc3c2)n1. The molecule has 0 saturated carbocycles. The fourth-order valence-electron chi connectivity index (χ4n) is 4.24. The Morgan fingerprint density at radius 1 is 1.09 bits per heavy atom. The highest BCUT2D eigenvalue weighted by Gasteiger charge is 2.22. The van der Waals surface area contributed by atoms with Crippen LogP contribution in [0.5, 0.6) is 0 Å². The second-order valence-electron chi connectivity index (χ2n) is 8.48. The quantitative estimate of drug-likeness (QED) is 0.352. The van der Waals surface area contributed by atoms with E-state index in [9.17, 15) is 4.79 Å². The Kier molecular flexibility index (Phi) is 5.55. The molecular formula is C26H22N6O2S. The van der Waals surface area contributed by atoms with Gasteiger partial charge in [0.2, 0.25) is 5.01 Å². The minimum atomic E-state index is -0.373. The van der Waals surface area contributed by atoms with E-state index in [1.807, 2.05) is 48.7 Å². The molecule has 5 heterocycles. The molecule has 0 unspecified atom stereocenters. The van der Waals surface area contributed by atoms with Gasteiger partial charge in [-0.2, -0.15) is 0 Å². The Morgan fingerprint density at radius 2 is 2.00 bits per heavy atom. The largest absolute Gasteiger partial charge is 0.456 e. The van der Waals surface area contributed by atoms with E-state index in [0.29, 0.717) is 17.2 Å². The van der Waals surface area contributed by atoms with E-state index in [2.05, 4.69) is 36.3 Å². The predicted octanol–water partition coefficient (Wildman–Crippen LogP) is 4.64. The monoisotopic (exact) mass is 482 g/mol. The van der Waals surface area contributed by atoms with Crippen LogP contribution in [0, 0.1) is 6.92 Å². The summed E-state index contributed by atoms with van der Waals surface area (Å²) in [7, 11) is 0. The van der Waals surface area contributed by atoms with E-state index < -0.39 is 0 Å². The van der Waals surface area contributed by atoms with Crippen molar-refractivity contribution in [1.82, 2.24) is 30.2 Å². The maximum Gasteiger partial charge on any atom is 0.367 e.